The number of phenols is 1. The molecular weight excluding hydrogens is 576 g/mol. The highest BCUT2D eigenvalue weighted by atomic mass is 79.9. The zero-order valence-electron chi connectivity index (χ0n) is 20.6. The predicted octanol–water partition coefficient (Wildman–Crippen LogP) is 4.71. The van der Waals surface area contributed by atoms with Gasteiger partial charge in [0.25, 0.3) is 5.78 Å². The highest BCUT2D eigenvalue weighted by Crippen LogP contribution is 2.47. The smallest absolute Gasteiger partial charge is 0.301 e. The quantitative estimate of drug-likeness (QED) is 0.146. The number of benzene rings is 1. The fourth-order valence-corrected chi connectivity index (χ4v) is 6.04. The van der Waals surface area contributed by atoms with Gasteiger partial charge in [0, 0.05) is 13.1 Å². The van der Waals surface area contributed by atoms with Crippen molar-refractivity contribution in [1.82, 2.24) is 14.4 Å². The third-order valence-corrected chi connectivity index (χ3v) is 8.13. The molecule has 1 unspecified atom stereocenters. The average molecular weight is 597 g/mol. The van der Waals surface area contributed by atoms with Crippen LogP contribution in [0.5, 0.6) is 11.5 Å². The molecule has 10 nitrogen and oxygen atoms in total. The number of phenolic OH excluding ortho intramolecular Hbond substituents is 1. The second kappa shape index (κ2) is 9.37. The van der Waals surface area contributed by atoms with Gasteiger partial charge < -0.3 is 14.9 Å². The maximum absolute atomic E-state index is 13.6. The SMILES string of the molecule is COc1cc(C2C(=C(O)c3c(C)nc4ccccn34)C(=O)C(=O)N2c2nc(C)c(C(C)=O)s2)cc(Br)c1O. The normalized spacial score (nSPS) is 17.0. The molecule has 4 aromatic rings. The zero-order chi connectivity index (χ0) is 27.5. The summed E-state index contributed by atoms with van der Waals surface area (Å²) < 4.78 is 7.18. The molecule has 38 heavy (non-hydrogen) atoms. The number of aliphatic hydroxyl groups excluding tert-OH is 1. The number of nitrogens with zero attached hydrogens (tertiary/aromatic N) is 4. The second-order valence-corrected chi connectivity index (χ2v) is 10.5. The number of fused-ring (bicyclic) bond motifs is 1. The number of carbonyl (C=O) groups excluding carboxylic acids is 3. The van der Waals surface area contributed by atoms with Crippen molar-refractivity contribution in [3.8, 4) is 11.5 Å². The number of hydrogen-bond acceptors (Lipinski definition) is 9. The number of imidazole rings is 1. The van der Waals surface area contributed by atoms with Crippen molar-refractivity contribution in [1.29, 1.82) is 0 Å². The molecule has 1 aliphatic rings. The number of Topliss-reactive ketones (excluding diaryl/α,β-unsaturated/α-hetero) is 2. The van der Waals surface area contributed by atoms with E-state index < -0.39 is 23.5 Å². The molecule has 5 rings (SSSR count). The average Bonchev–Trinajstić information content (AvgIpc) is 3.51. The van der Waals surface area contributed by atoms with Gasteiger partial charge in [-0.3, -0.25) is 23.7 Å². The number of halogens is 1. The largest absolute Gasteiger partial charge is 0.505 e. The third-order valence-electron chi connectivity index (χ3n) is 6.27. The van der Waals surface area contributed by atoms with Crippen LogP contribution >= 0.6 is 27.3 Å². The predicted molar refractivity (Wildman–Crippen MR) is 144 cm³/mol. The van der Waals surface area contributed by atoms with E-state index >= 15 is 0 Å². The van der Waals surface area contributed by atoms with Crippen LogP contribution in [0.4, 0.5) is 5.13 Å². The first-order valence-electron chi connectivity index (χ1n) is 11.3. The molecule has 0 bridgehead atoms. The van der Waals surface area contributed by atoms with Crippen molar-refractivity contribution in [3.05, 3.63) is 74.1 Å². The zero-order valence-corrected chi connectivity index (χ0v) is 23.0. The standard InChI is InChI=1S/C26H21BrN4O6S/c1-11-19(30-8-6-5-7-17(30)28-11)22(34)18-20(14-9-15(27)21(33)16(10-14)37-4)31(25(36)23(18)35)26-29-12(2)24(38-26)13(3)32/h5-10,20,33-34H,1-4H3. The van der Waals surface area contributed by atoms with E-state index in [9.17, 15) is 24.6 Å². The van der Waals surface area contributed by atoms with E-state index in [0.717, 1.165) is 16.2 Å². The fraction of sp³-hybridized carbons (Fsp3) is 0.192. The van der Waals surface area contributed by atoms with Crippen LogP contribution in [0.25, 0.3) is 11.4 Å². The van der Waals surface area contributed by atoms with Gasteiger partial charge >= 0.3 is 5.91 Å². The van der Waals surface area contributed by atoms with Gasteiger partial charge in [0.2, 0.25) is 0 Å². The Labute approximate surface area is 229 Å². The summed E-state index contributed by atoms with van der Waals surface area (Å²) in [6, 6.07) is 7.16. The van der Waals surface area contributed by atoms with E-state index in [0.29, 0.717) is 27.5 Å². The van der Waals surface area contributed by atoms with E-state index in [4.69, 9.17) is 4.74 Å². The number of ketones is 2. The lowest BCUT2D eigenvalue weighted by atomic mass is 9.96. The minimum Gasteiger partial charge on any atom is -0.505 e. The van der Waals surface area contributed by atoms with E-state index in [1.54, 1.807) is 42.6 Å². The monoisotopic (exact) mass is 596 g/mol. The molecule has 2 N–H and O–H groups in total. The summed E-state index contributed by atoms with van der Waals surface area (Å²) in [6.45, 7) is 4.73. The Morgan fingerprint density at radius 2 is 1.89 bits per heavy atom. The van der Waals surface area contributed by atoms with Gasteiger partial charge in [-0.15, -0.1) is 0 Å². The van der Waals surface area contributed by atoms with Crippen LogP contribution in [0.15, 0.2) is 46.6 Å². The van der Waals surface area contributed by atoms with Crippen molar-refractivity contribution < 1.29 is 29.3 Å². The summed E-state index contributed by atoms with van der Waals surface area (Å²) in [5.41, 5.74) is 1.84. The molecule has 1 saturated heterocycles. The van der Waals surface area contributed by atoms with Crippen molar-refractivity contribution in [2.75, 3.05) is 12.0 Å². The van der Waals surface area contributed by atoms with Gasteiger partial charge in [0.05, 0.1) is 39.5 Å². The Bertz CT molecular complexity index is 1710. The Morgan fingerprint density at radius 3 is 2.55 bits per heavy atom. The first-order valence-corrected chi connectivity index (χ1v) is 13.0. The number of aromatic hydroxyl groups is 1. The van der Waals surface area contributed by atoms with Crippen molar-refractivity contribution in [2.24, 2.45) is 0 Å². The molecule has 3 aromatic heterocycles. The molecule has 12 heteroatoms. The molecule has 0 saturated carbocycles. The molecule has 1 fully saturated rings. The summed E-state index contributed by atoms with van der Waals surface area (Å²) >= 11 is 4.28. The fourth-order valence-electron chi connectivity index (χ4n) is 4.59. The molecule has 0 spiro atoms. The Morgan fingerprint density at radius 1 is 1.16 bits per heavy atom. The van der Waals surface area contributed by atoms with Crippen LogP contribution in [0.1, 0.15) is 45.3 Å². The van der Waals surface area contributed by atoms with Gasteiger partial charge in [0.1, 0.15) is 11.3 Å². The summed E-state index contributed by atoms with van der Waals surface area (Å²) in [7, 11) is 1.37. The van der Waals surface area contributed by atoms with Crippen molar-refractivity contribution >= 4 is 61.3 Å². The number of aliphatic hydroxyl groups is 1. The number of ether oxygens (including phenoxy) is 1. The van der Waals surface area contributed by atoms with E-state index in [1.807, 2.05) is 0 Å². The molecule has 1 amide bonds. The van der Waals surface area contributed by atoms with Crippen LogP contribution in [0, 0.1) is 13.8 Å². The lowest BCUT2D eigenvalue weighted by molar-refractivity contribution is -0.132. The van der Waals surface area contributed by atoms with Gasteiger partial charge in [-0.1, -0.05) is 17.4 Å². The van der Waals surface area contributed by atoms with Crippen LogP contribution in [0.2, 0.25) is 0 Å². The summed E-state index contributed by atoms with van der Waals surface area (Å²) in [6.07, 6.45) is 1.69. The number of anilines is 1. The topological polar surface area (TPSA) is 134 Å². The molecule has 1 aliphatic heterocycles. The van der Waals surface area contributed by atoms with E-state index in [2.05, 4.69) is 25.9 Å². The first kappa shape index (κ1) is 25.6. The molecule has 0 aliphatic carbocycles. The molecule has 194 valence electrons. The molecular formula is C26H21BrN4O6S. The van der Waals surface area contributed by atoms with Crippen LogP contribution < -0.4 is 9.64 Å². The van der Waals surface area contributed by atoms with Gasteiger partial charge in [-0.25, -0.2) is 9.97 Å². The van der Waals surface area contributed by atoms with Crippen molar-refractivity contribution in [2.45, 2.75) is 26.8 Å². The number of pyridine rings is 1. The summed E-state index contributed by atoms with van der Waals surface area (Å²) in [5, 5.41) is 22.1. The summed E-state index contributed by atoms with van der Waals surface area (Å²) in [4.78, 5) is 49.6. The number of amides is 1. The van der Waals surface area contributed by atoms with Gasteiger partial charge in [-0.2, -0.15) is 0 Å². The number of aryl methyl sites for hydroxylation is 2. The van der Waals surface area contributed by atoms with Gasteiger partial charge in [0.15, 0.2) is 28.2 Å². The van der Waals surface area contributed by atoms with E-state index in [1.165, 1.54) is 26.2 Å². The van der Waals surface area contributed by atoms with Crippen LogP contribution in [-0.4, -0.2) is 49.2 Å². The maximum atomic E-state index is 13.6. The highest BCUT2D eigenvalue weighted by Gasteiger charge is 2.49. The number of aromatic nitrogens is 3. The number of methoxy groups -OCH3 is 1. The summed E-state index contributed by atoms with van der Waals surface area (Å²) in [5.74, 6) is -2.58. The molecule has 1 atom stereocenters. The highest BCUT2D eigenvalue weighted by molar-refractivity contribution is 9.10. The third kappa shape index (κ3) is 3.87. The number of rotatable bonds is 5. The second-order valence-electron chi connectivity index (χ2n) is 8.66. The number of thiazole rings is 1. The maximum Gasteiger partial charge on any atom is 0.301 e. The molecule has 1 aromatic carbocycles. The Balaban J connectivity index is 1.82. The number of hydrogen-bond donors (Lipinski definition) is 2. The lowest BCUT2D eigenvalue weighted by Crippen LogP contribution is -2.29. The van der Waals surface area contributed by atoms with Gasteiger partial charge in [-0.05, 0) is 59.6 Å². The Hall–Kier alpha value is -4.03. The Kier molecular flexibility index (Phi) is 6.32. The molecule has 4 heterocycles. The number of carbonyl (C=O) groups is 3. The van der Waals surface area contributed by atoms with Crippen molar-refractivity contribution in [3.63, 3.8) is 0 Å². The van der Waals surface area contributed by atoms with E-state index in [-0.39, 0.29) is 38.2 Å². The first-order chi connectivity index (χ1) is 18.0. The minimum atomic E-state index is -1.15. The van der Waals surface area contributed by atoms with Crippen LogP contribution in [0.3, 0.4) is 0 Å². The van der Waals surface area contributed by atoms with Crippen LogP contribution in [-0.2, 0) is 9.59 Å². The molecule has 0 radical (unpaired) electrons. The minimum absolute atomic E-state index is 0.0886. The lowest BCUT2D eigenvalue weighted by Gasteiger charge is -2.24.